The van der Waals surface area contributed by atoms with Gasteiger partial charge in [-0.2, -0.15) is 0 Å². The van der Waals surface area contributed by atoms with Gasteiger partial charge in [0.25, 0.3) is 0 Å². The Balaban J connectivity index is 1.90. The maximum Gasteiger partial charge on any atom is 0.142 e. The van der Waals surface area contributed by atoms with Gasteiger partial charge < -0.3 is 5.73 Å². The zero-order chi connectivity index (χ0) is 14.4. The third kappa shape index (κ3) is 2.45. The molecule has 3 rings (SSSR count). The second kappa shape index (κ2) is 5.45. The van der Waals surface area contributed by atoms with Gasteiger partial charge in [-0.1, -0.05) is 23.2 Å². The Bertz CT molecular complexity index is 509. The van der Waals surface area contributed by atoms with Crippen LogP contribution in [0, 0.1) is 5.82 Å². The van der Waals surface area contributed by atoms with E-state index in [4.69, 9.17) is 28.9 Å². The molecule has 110 valence electrons. The average molecular weight is 317 g/mol. The normalized spacial score (nSPS) is 31.6. The summed E-state index contributed by atoms with van der Waals surface area (Å²) in [6.07, 6.45) is 4.40. The van der Waals surface area contributed by atoms with Crippen LogP contribution < -0.4 is 5.73 Å². The molecule has 2 nitrogen and oxygen atoms in total. The first-order valence-corrected chi connectivity index (χ1v) is 7.90. The van der Waals surface area contributed by atoms with Gasteiger partial charge >= 0.3 is 0 Å². The fourth-order valence-corrected chi connectivity index (χ4v) is 4.45. The summed E-state index contributed by atoms with van der Waals surface area (Å²) in [4.78, 5) is 2.47. The first-order valence-electron chi connectivity index (χ1n) is 7.15. The molecule has 0 saturated carbocycles. The van der Waals surface area contributed by atoms with Gasteiger partial charge in [-0.15, -0.1) is 0 Å². The Morgan fingerprint density at radius 3 is 2.40 bits per heavy atom. The number of rotatable bonds is 2. The summed E-state index contributed by atoms with van der Waals surface area (Å²) in [5.41, 5.74) is 6.92. The molecule has 0 aliphatic carbocycles. The molecule has 0 spiro atoms. The van der Waals surface area contributed by atoms with E-state index in [1.807, 2.05) is 0 Å². The van der Waals surface area contributed by atoms with E-state index in [1.165, 1.54) is 25.0 Å². The molecular weight excluding hydrogens is 298 g/mol. The molecule has 0 amide bonds. The standard InChI is InChI=1S/C15H19Cl2FN2/c1-8(12-6-15(18)14(17)7-13(12)16)20-10-2-3-11(20)5-9(19)4-10/h6-11H,2-5,19H2,1H3. The lowest BCUT2D eigenvalue weighted by molar-refractivity contribution is 0.0853. The van der Waals surface area contributed by atoms with E-state index in [0.29, 0.717) is 23.1 Å². The van der Waals surface area contributed by atoms with Crippen LogP contribution in [0.1, 0.15) is 44.2 Å². The third-order valence-electron chi connectivity index (χ3n) is 4.76. The van der Waals surface area contributed by atoms with Crippen LogP contribution in [-0.4, -0.2) is 23.0 Å². The fourth-order valence-electron chi connectivity index (χ4n) is 3.91. The maximum absolute atomic E-state index is 13.7. The molecule has 0 aromatic heterocycles. The third-order valence-corrected chi connectivity index (χ3v) is 5.38. The molecule has 2 aliphatic heterocycles. The molecular formula is C15H19Cl2FN2. The Kier molecular flexibility index (Phi) is 3.97. The van der Waals surface area contributed by atoms with E-state index in [9.17, 15) is 4.39 Å². The van der Waals surface area contributed by atoms with Crippen molar-refractivity contribution in [3.63, 3.8) is 0 Å². The molecule has 0 radical (unpaired) electrons. The molecule has 2 heterocycles. The Labute approximate surface area is 129 Å². The maximum atomic E-state index is 13.7. The van der Waals surface area contributed by atoms with Gasteiger partial charge in [0.15, 0.2) is 0 Å². The van der Waals surface area contributed by atoms with Gasteiger partial charge in [-0.05, 0) is 50.3 Å². The molecule has 20 heavy (non-hydrogen) atoms. The summed E-state index contributed by atoms with van der Waals surface area (Å²) in [5, 5.41) is 0.618. The summed E-state index contributed by atoms with van der Waals surface area (Å²) >= 11 is 12.0. The van der Waals surface area contributed by atoms with Gasteiger partial charge in [0, 0.05) is 29.2 Å². The lowest BCUT2D eigenvalue weighted by Crippen LogP contribution is -2.48. The number of nitrogens with two attached hydrogens (primary N) is 1. The van der Waals surface area contributed by atoms with E-state index < -0.39 is 5.82 Å². The van der Waals surface area contributed by atoms with Crippen molar-refractivity contribution in [2.75, 3.05) is 0 Å². The lowest BCUT2D eigenvalue weighted by Gasteiger charge is -2.42. The van der Waals surface area contributed by atoms with E-state index in [2.05, 4.69) is 11.8 Å². The molecule has 2 N–H and O–H groups in total. The topological polar surface area (TPSA) is 29.3 Å². The van der Waals surface area contributed by atoms with Gasteiger partial charge in [0.1, 0.15) is 5.82 Å². The minimum Gasteiger partial charge on any atom is -0.328 e. The first-order chi connectivity index (χ1) is 9.47. The van der Waals surface area contributed by atoms with Crippen LogP contribution in [-0.2, 0) is 0 Å². The average Bonchev–Trinajstić information content (AvgIpc) is 2.65. The molecule has 1 aromatic carbocycles. The van der Waals surface area contributed by atoms with Crippen LogP contribution >= 0.6 is 23.2 Å². The number of hydrogen-bond acceptors (Lipinski definition) is 2. The van der Waals surface area contributed by atoms with E-state index in [1.54, 1.807) is 0 Å². The molecule has 5 heteroatoms. The number of piperidine rings is 1. The van der Waals surface area contributed by atoms with Crippen molar-refractivity contribution in [3.8, 4) is 0 Å². The summed E-state index contributed by atoms with van der Waals surface area (Å²) < 4.78 is 13.7. The van der Waals surface area contributed by atoms with Crippen molar-refractivity contribution in [2.45, 2.75) is 56.8 Å². The zero-order valence-corrected chi connectivity index (χ0v) is 13.0. The smallest absolute Gasteiger partial charge is 0.142 e. The van der Waals surface area contributed by atoms with Crippen molar-refractivity contribution in [3.05, 3.63) is 33.6 Å². The Hall–Kier alpha value is -0.350. The lowest BCUT2D eigenvalue weighted by atomic mass is 9.94. The largest absolute Gasteiger partial charge is 0.328 e. The molecule has 2 saturated heterocycles. The number of fused-ring (bicyclic) bond motifs is 2. The highest BCUT2D eigenvalue weighted by atomic mass is 35.5. The summed E-state index contributed by atoms with van der Waals surface area (Å²) in [6, 6.07) is 4.36. The van der Waals surface area contributed by atoms with Crippen LogP contribution in [0.5, 0.6) is 0 Å². The minimum atomic E-state index is -0.404. The van der Waals surface area contributed by atoms with Crippen LogP contribution in [0.25, 0.3) is 0 Å². The number of hydrogen-bond donors (Lipinski definition) is 1. The first kappa shape index (κ1) is 14.6. The molecule has 1 aromatic rings. The summed E-state index contributed by atoms with van der Waals surface area (Å²) in [7, 11) is 0. The highest BCUT2D eigenvalue weighted by Crippen LogP contribution is 2.42. The van der Waals surface area contributed by atoms with Crippen LogP contribution in [0.15, 0.2) is 12.1 Å². The monoisotopic (exact) mass is 316 g/mol. The molecule has 3 atom stereocenters. The van der Waals surface area contributed by atoms with E-state index >= 15 is 0 Å². The van der Waals surface area contributed by atoms with Crippen LogP contribution in [0.4, 0.5) is 4.39 Å². The van der Waals surface area contributed by atoms with Crippen LogP contribution in [0.2, 0.25) is 10.0 Å². The highest BCUT2D eigenvalue weighted by Gasteiger charge is 2.42. The number of benzene rings is 1. The molecule has 3 unspecified atom stereocenters. The highest BCUT2D eigenvalue weighted by molar-refractivity contribution is 6.35. The quantitative estimate of drug-likeness (QED) is 0.830. The van der Waals surface area contributed by atoms with E-state index in [0.717, 1.165) is 18.4 Å². The van der Waals surface area contributed by atoms with Gasteiger partial charge in [-0.3, -0.25) is 4.90 Å². The second-order valence-electron chi connectivity index (χ2n) is 6.03. The van der Waals surface area contributed by atoms with Crippen molar-refractivity contribution in [2.24, 2.45) is 5.73 Å². The Morgan fingerprint density at radius 1 is 1.20 bits per heavy atom. The molecule has 2 fully saturated rings. The number of nitrogens with zero attached hydrogens (tertiary/aromatic N) is 1. The van der Waals surface area contributed by atoms with Crippen molar-refractivity contribution >= 4 is 23.2 Å². The van der Waals surface area contributed by atoms with Crippen molar-refractivity contribution < 1.29 is 4.39 Å². The summed E-state index contributed by atoms with van der Waals surface area (Å²) in [5.74, 6) is -0.404. The fraction of sp³-hybridized carbons (Fsp3) is 0.600. The van der Waals surface area contributed by atoms with Gasteiger partial charge in [-0.25, -0.2) is 4.39 Å². The zero-order valence-electron chi connectivity index (χ0n) is 11.5. The van der Waals surface area contributed by atoms with Crippen LogP contribution in [0.3, 0.4) is 0 Å². The SMILES string of the molecule is CC(c1cc(F)c(Cl)cc1Cl)N1C2CCC1CC(N)C2. The second-order valence-corrected chi connectivity index (χ2v) is 6.84. The summed E-state index contributed by atoms with van der Waals surface area (Å²) in [6.45, 7) is 2.09. The van der Waals surface area contributed by atoms with Gasteiger partial charge in [0.05, 0.1) is 5.02 Å². The van der Waals surface area contributed by atoms with Gasteiger partial charge in [0.2, 0.25) is 0 Å². The van der Waals surface area contributed by atoms with Crippen molar-refractivity contribution in [1.29, 1.82) is 0 Å². The minimum absolute atomic E-state index is 0.0783. The van der Waals surface area contributed by atoms with Crippen molar-refractivity contribution in [1.82, 2.24) is 4.90 Å². The number of halogens is 3. The molecule has 2 aliphatic rings. The predicted molar refractivity (Wildman–Crippen MR) is 80.7 cm³/mol. The molecule has 2 bridgehead atoms. The predicted octanol–water partition coefficient (Wildman–Crippen LogP) is 4.15. The Morgan fingerprint density at radius 2 is 1.80 bits per heavy atom. The van der Waals surface area contributed by atoms with E-state index in [-0.39, 0.29) is 11.1 Å².